The van der Waals surface area contributed by atoms with E-state index in [0.29, 0.717) is 5.92 Å². The van der Waals surface area contributed by atoms with Crippen LogP contribution in [0.3, 0.4) is 0 Å². The SMILES string of the molecule is Cn1nc(CC2CCC(Oc3cc(N4CCOCC4)cc4nccnc34)CC2)ccc1=O. The minimum Gasteiger partial charge on any atom is -0.488 e. The smallest absolute Gasteiger partial charge is 0.266 e. The number of morpholine rings is 1. The van der Waals surface area contributed by atoms with Crippen LogP contribution in [-0.4, -0.2) is 52.2 Å². The second-order valence-corrected chi connectivity index (χ2v) is 8.72. The standard InChI is InChI=1S/C24H29N5O3/c1-28-23(30)7-4-18(27-28)14-17-2-5-20(6-3-17)32-22-16-19(29-10-12-31-13-11-29)15-21-24(22)26-9-8-25-21/h4,7-9,15-17,20H,2-3,5-6,10-14H2,1H3. The highest BCUT2D eigenvalue weighted by Gasteiger charge is 2.25. The number of aromatic nitrogens is 4. The van der Waals surface area contributed by atoms with Gasteiger partial charge in [-0.1, -0.05) is 0 Å². The molecule has 0 amide bonds. The maximum absolute atomic E-state index is 11.6. The summed E-state index contributed by atoms with van der Waals surface area (Å²) in [7, 11) is 1.70. The monoisotopic (exact) mass is 435 g/mol. The topological polar surface area (TPSA) is 82.4 Å². The summed E-state index contributed by atoms with van der Waals surface area (Å²) in [5.74, 6) is 1.39. The molecule has 1 aliphatic carbocycles. The summed E-state index contributed by atoms with van der Waals surface area (Å²) in [4.78, 5) is 23.0. The normalized spacial score (nSPS) is 21.6. The molecule has 8 nitrogen and oxygen atoms in total. The van der Waals surface area contributed by atoms with E-state index in [9.17, 15) is 4.79 Å². The molecule has 1 aliphatic heterocycles. The van der Waals surface area contributed by atoms with Crippen molar-refractivity contribution in [3.8, 4) is 5.75 Å². The van der Waals surface area contributed by atoms with Crippen LogP contribution in [0.25, 0.3) is 11.0 Å². The molecule has 0 spiro atoms. The molecule has 1 saturated carbocycles. The molecule has 0 atom stereocenters. The van der Waals surface area contributed by atoms with Gasteiger partial charge in [0.25, 0.3) is 5.56 Å². The van der Waals surface area contributed by atoms with Gasteiger partial charge in [0.2, 0.25) is 0 Å². The molecule has 5 rings (SSSR count). The zero-order chi connectivity index (χ0) is 21.9. The van der Waals surface area contributed by atoms with E-state index >= 15 is 0 Å². The first-order valence-corrected chi connectivity index (χ1v) is 11.4. The van der Waals surface area contributed by atoms with Crippen LogP contribution < -0.4 is 15.2 Å². The Morgan fingerprint density at radius 2 is 1.84 bits per heavy atom. The first-order chi connectivity index (χ1) is 15.7. The van der Waals surface area contributed by atoms with Crippen molar-refractivity contribution in [2.24, 2.45) is 13.0 Å². The predicted molar refractivity (Wildman–Crippen MR) is 122 cm³/mol. The van der Waals surface area contributed by atoms with Crippen LogP contribution in [0.2, 0.25) is 0 Å². The van der Waals surface area contributed by atoms with Crippen molar-refractivity contribution in [3.63, 3.8) is 0 Å². The molecule has 0 bridgehead atoms. The lowest BCUT2D eigenvalue weighted by molar-refractivity contribution is 0.122. The van der Waals surface area contributed by atoms with Gasteiger partial charge in [0.05, 0.1) is 30.5 Å². The fourth-order valence-electron chi connectivity index (χ4n) is 4.71. The van der Waals surface area contributed by atoms with Gasteiger partial charge >= 0.3 is 0 Å². The Bertz CT molecular complexity index is 1130. The van der Waals surface area contributed by atoms with E-state index in [4.69, 9.17) is 9.47 Å². The fourth-order valence-corrected chi connectivity index (χ4v) is 4.71. The van der Waals surface area contributed by atoms with Crippen molar-refractivity contribution in [2.45, 2.75) is 38.2 Å². The average Bonchev–Trinajstić information content (AvgIpc) is 2.83. The Kier molecular flexibility index (Phi) is 6.03. The molecule has 1 aromatic carbocycles. The second kappa shape index (κ2) is 9.24. The van der Waals surface area contributed by atoms with E-state index in [1.54, 1.807) is 25.5 Å². The van der Waals surface area contributed by atoms with Gasteiger partial charge in [0.15, 0.2) is 0 Å². The number of rotatable bonds is 5. The van der Waals surface area contributed by atoms with Crippen LogP contribution in [0.1, 0.15) is 31.4 Å². The lowest BCUT2D eigenvalue weighted by Crippen LogP contribution is -2.36. The molecule has 2 fully saturated rings. The van der Waals surface area contributed by atoms with Gasteiger partial charge in [0.1, 0.15) is 11.3 Å². The van der Waals surface area contributed by atoms with Gasteiger partial charge in [-0.15, -0.1) is 0 Å². The van der Waals surface area contributed by atoms with Gasteiger partial charge in [-0.2, -0.15) is 5.10 Å². The Morgan fingerprint density at radius 3 is 2.62 bits per heavy atom. The molecule has 8 heteroatoms. The maximum atomic E-state index is 11.6. The average molecular weight is 436 g/mol. The molecular weight excluding hydrogens is 406 g/mol. The van der Waals surface area contributed by atoms with Crippen LogP contribution in [-0.2, 0) is 18.2 Å². The summed E-state index contributed by atoms with van der Waals surface area (Å²) in [5, 5.41) is 4.39. The van der Waals surface area contributed by atoms with Crippen LogP contribution in [0.5, 0.6) is 5.75 Å². The molecule has 2 aromatic heterocycles. The Hall–Kier alpha value is -3.00. The van der Waals surface area contributed by atoms with Crippen molar-refractivity contribution >= 4 is 16.7 Å². The third-order valence-corrected chi connectivity index (χ3v) is 6.50. The minimum absolute atomic E-state index is 0.0690. The number of fused-ring (bicyclic) bond motifs is 1. The summed E-state index contributed by atoms with van der Waals surface area (Å²) in [5.41, 5.74) is 3.71. The summed E-state index contributed by atoms with van der Waals surface area (Å²) in [6, 6.07) is 7.66. The molecule has 1 saturated heterocycles. The van der Waals surface area contributed by atoms with Gasteiger partial charge in [-0.25, -0.2) is 9.67 Å². The Morgan fingerprint density at radius 1 is 1.06 bits per heavy atom. The molecule has 2 aliphatic rings. The highest BCUT2D eigenvalue weighted by Crippen LogP contribution is 2.34. The number of nitrogens with zero attached hydrogens (tertiary/aromatic N) is 5. The Labute approximate surface area is 187 Å². The van der Waals surface area contributed by atoms with Crippen LogP contribution in [0.15, 0.2) is 41.5 Å². The fraction of sp³-hybridized carbons (Fsp3) is 0.500. The van der Waals surface area contributed by atoms with Gasteiger partial charge in [-0.3, -0.25) is 9.78 Å². The zero-order valence-corrected chi connectivity index (χ0v) is 18.4. The number of ether oxygens (including phenoxy) is 2. The van der Waals surface area contributed by atoms with E-state index in [1.807, 2.05) is 6.07 Å². The van der Waals surface area contributed by atoms with E-state index in [-0.39, 0.29) is 11.7 Å². The van der Waals surface area contributed by atoms with Gasteiger partial charge in [0, 0.05) is 50.4 Å². The molecule has 0 unspecified atom stereocenters. The van der Waals surface area contributed by atoms with Crippen LogP contribution >= 0.6 is 0 Å². The minimum atomic E-state index is -0.0690. The molecule has 0 N–H and O–H groups in total. The number of hydrogen-bond acceptors (Lipinski definition) is 7. The van der Waals surface area contributed by atoms with Crippen molar-refractivity contribution < 1.29 is 9.47 Å². The van der Waals surface area contributed by atoms with E-state index in [0.717, 1.165) is 86.6 Å². The third-order valence-electron chi connectivity index (χ3n) is 6.50. The zero-order valence-electron chi connectivity index (χ0n) is 18.4. The highest BCUT2D eigenvalue weighted by atomic mass is 16.5. The van der Waals surface area contributed by atoms with Crippen molar-refractivity contribution in [1.82, 2.24) is 19.7 Å². The third kappa shape index (κ3) is 4.60. The predicted octanol–water partition coefficient (Wildman–Crippen LogP) is 2.74. The van der Waals surface area contributed by atoms with Gasteiger partial charge in [-0.05, 0) is 50.2 Å². The summed E-state index contributed by atoms with van der Waals surface area (Å²) >= 11 is 0. The van der Waals surface area contributed by atoms with Crippen LogP contribution in [0, 0.1) is 5.92 Å². The molecule has 3 aromatic rings. The number of hydrogen-bond donors (Lipinski definition) is 0. The summed E-state index contributed by atoms with van der Waals surface area (Å²) in [6.45, 7) is 3.22. The number of aryl methyl sites for hydroxylation is 1. The Balaban J connectivity index is 1.27. The van der Waals surface area contributed by atoms with Gasteiger partial charge < -0.3 is 14.4 Å². The van der Waals surface area contributed by atoms with E-state index in [2.05, 4.69) is 32.1 Å². The molecular formula is C24H29N5O3. The lowest BCUT2D eigenvalue weighted by Gasteiger charge is -2.31. The summed E-state index contributed by atoms with van der Waals surface area (Å²) < 4.78 is 13.4. The first kappa shape index (κ1) is 20.9. The maximum Gasteiger partial charge on any atom is 0.266 e. The van der Waals surface area contributed by atoms with Crippen molar-refractivity contribution in [1.29, 1.82) is 0 Å². The van der Waals surface area contributed by atoms with E-state index in [1.165, 1.54) is 4.68 Å². The first-order valence-electron chi connectivity index (χ1n) is 11.4. The summed E-state index contributed by atoms with van der Waals surface area (Å²) in [6.07, 6.45) is 8.70. The number of benzene rings is 1. The van der Waals surface area contributed by atoms with E-state index < -0.39 is 0 Å². The lowest BCUT2D eigenvalue weighted by atomic mass is 9.84. The van der Waals surface area contributed by atoms with Crippen molar-refractivity contribution in [2.75, 3.05) is 31.2 Å². The molecule has 3 heterocycles. The second-order valence-electron chi connectivity index (χ2n) is 8.72. The molecule has 168 valence electrons. The van der Waals surface area contributed by atoms with Crippen LogP contribution in [0.4, 0.5) is 5.69 Å². The quantitative estimate of drug-likeness (QED) is 0.609. The molecule has 0 radical (unpaired) electrons. The number of anilines is 1. The highest BCUT2D eigenvalue weighted by molar-refractivity contribution is 5.85. The largest absolute Gasteiger partial charge is 0.488 e. The van der Waals surface area contributed by atoms with Crippen molar-refractivity contribution in [3.05, 3.63) is 52.7 Å². The molecule has 32 heavy (non-hydrogen) atoms.